The Morgan fingerprint density at radius 2 is 1.86 bits per heavy atom. The number of halogens is 1. The third-order valence-electron chi connectivity index (χ3n) is 5.19. The number of rotatable bonds is 3. The zero-order valence-corrected chi connectivity index (χ0v) is 16.0. The smallest absolute Gasteiger partial charge is 0.414 e. The van der Waals surface area contributed by atoms with Crippen molar-refractivity contribution < 1.29 is 19.1 Å². The van der Waals surface area contributed by atoms with Crippen LogP contribution in [0.25, 0.3) is 11.1 Å². The van der Waals surface area contributed by atoms with E-state index in [0.717, 1.165) is 16.8 Å². The largest absolute Gasteiger partial charge is 0.447 e. The standard InChI is InChI=1S/C21H19ClN2O4/c1-12-11-28-21(27)24(12)14-7-5-13(6-8-14)15-3-2-4-16(19(15)22)17-9-10-18(25)23-20(17)26/h2-8,12,17H,9-11H2,1H3,(H,23,25,26). The van der Waals surface area contributed by atoms with Crippen molar-refractivity contribution in [3.63, 3.8) is 0 Å². The Kier molecular flexibility index (Phi) is 4.81. The van der Waals surface area contributed by atoms with E-state index in [2.05, 4.69) is 5.32 Å². The molecule has 6 nitrogen and oxygen atoms in total. The second-order valence-corrected chi connectivity index (χ2v) is 7.43. The molecule has 0 saturated carbocycles. The maximum atomic E-state index is 12.2. The number of carbonyl (C=O) groups excluding carboxylic acids is 3. The van der Waals surface area contributed by atoms with E-state index in [-0.39, 0.29) is 23.9 Å². The van der Waals surface area contributed by atoms with Gasteiger partial charge in [0.05, 0.1) is 17.0 Å². The Bertz CT molecular complexity index is 957. The highest BCUT2D eigenvalue weighted by Crippen LogP contribution is 2.37. The average molecular weight is 399 g/mol. The molecule has 0 bridgehead atoms. The number of hydrogen-bond acceptors (Lipinski definition) is 4. The number of nitrogens with zero attached hydrogens (tertiary/aromatic N) is 1. The number of anilines is 1. The Hall–Kier alpha value is -2.86. The molecule has 0 aromatic heterocycles. The van der Waals surface area contributed by atoms with E-state index in [4.69, 9.17) is 16.3 Å². The lowest BCUT2D eigenvalue weighted by molar-refractivity contribution is -0.134. The zero-order valence-electron chi connectivity index (χ0n) is 15.3. The topological polar surface area (TPSA) is 75.7 Å². The predicted molar refractivity (Wildman–Crippen MR) is 105 cm³/mol. The molecule has 0 radical (unpaired) electrons. The number of nitrogens with one attached hydrogen (secondary N) is 1. The molecule has 7 heteroatoms. The maximum absolute atomic E-state index is 12.2. The van der Waals surface area contributed by atoms with Gasteiger partial charge in [0.2, 0.25) is 11.8 Å². The molecule has 0 spiro atoms. The third kappa shape index (κ3) is 3.24. The summed E-state index contributed by atoms with van der Waals surface area (Å²) in [5, 5.41) is 2.87. The highest BCUT2D eigenvalue weighted by atomic mass is 35.5. The number of amides is 3. The molecular formula is C21H19ClN2O4. The van der Waals surface area contributed by atoms with Gasteiger partial charge in [-0.05, 0) is 36.6 Å². The van der Waals surface area contributed by atoms with Crippen molar-refractivity contribution >= 4 is 35.2 Å². The van der Waals surface area contributed by atoms with E-state index in [9.17, 15) is 14.4 Å². The van der Waals surface area contributed by atoms with Gasteiger partial charge in [0, 0.05) is 17.7 Å². The van der Waals surface area contributed by atoms with Gasteiger partial charge in [-0.2, -0.15) is 0 Å². The highest BCUT2D eigenvalue weighted by Gasteiger charge is 2.31. The van der Waals surface area contributed by atoms with Gasteiger partial charge >= 0.3 is 6.09 Å². The first kappa shape index (κ1) is 18.5. The van der Waals surface area contributed by atoms with Crippen LogP contribution in [-0.4, -0.2) is 30.6 Å². The van der Waals surface area contributed by atoms with Gasteiger partial charge < -0.3 is 4.74 Å². The molecule has 4 rings (SSSR count). The van der Waals surface area contributed by atoms with Crippen molar-refractivity contribution in [2.75, 3.05) is 11.5 Å². The summed E-state index contributed by atoms with van der Waals surface area (Å²) in [7, 11) is 0. The molecule has 2 heterocycles. The van der Waals surface area contributed by atoms with Gasteiger partial charge in [0.15, 0.2) is 0 Å². The minimum absolute atomic E-state index is 0.0159. The first-order chi connectivity index (χ1) is 13.5. The summed E-state index contributed by atoms with van der Waals surface area (Å²) in [5.74, 6) is -1.00. The molecule has 28 heavy (non-hydrogen) atoms. The van der Waals surface area contributed by atoms with Crippen LogP contribution in [0.1, 0.15) is 31.2 Å². The van der Waals surface area contributed by atoms with Crippen LogP contribution in [0.5, 0.6) is 0 Å². The summed E-state index contributed by atoms with van der Waals surface area (Å²) >= 11 is 6.64. The first-order valence-electron chi connectivity index (χ1n) is 9.14. The lowest BCUT2D eigenvalue weighted by atomic mass is 9.88. The number of carbonyl (C=O) groups is 3. The zero-order chi connectivity index (χ0) is 19.8. The maximum Gasteiger partial charge on any atom is 0.414 e. The van der Waals surface area contributed by atoms with E-state index < -0.39 is 5.92 Å². The van der Waals surface area contributed by atoms with E-state index in [1.54, 1.807) is 4.90 Å². The SMILES string of the molecule is CC1COC(=O)N1c1ccc(-c2cccc(C3CCC(=O)NC3=O)c2Cl)cc1. The fraction of sp³-hybridized carbons (Fsp3) is 0.286. The van der Waals surface area contributed by atoms with E-state index in [1.807, 2.05) is 49.4 Å². The lowest BCUT2D eigenvalue weighted by Crippen LogP contribution is -2.39. The summed E-state index contributed by atoms with van der Waals surface area (Å²) in [4.78, 5) is 37.1. The Morgan fingerprint density at radius 1 is 1.11 bits per heavy atom. The first-order valence-corrected chi connectivity index (χ1v) is 9.52. The minimum Gasteiger partial charge on any atom is -0.447 e. The summed E-state index contributed by atoms with van der Waals surface area (Å²) in [6.45, 7) is 2.31. The third-order valence-corrected chi connectivity index (χ3v) is 5.61. The second kappa shape index (κ2) is 7.28. The Balaban J connectivity index is 1.64. The lowest BCUT2D eigenvalue weighted by Gasteiger charge is -2.23. The predicted octanol–water partition coefficient (Wildman–Crippen LogP) is 3.87. The van der Waals surface area contributed by atoms with Gasteiger partial charge in [-0.1, -0.05) is 41.9 Å². The van der Waals surface area contributed by atoms with Crippen molar-refractivity contribution in [3.05, 3.63) is 53.1 Å². The molecule has 1 N–H and O–H groups in total. The molecule has 2 aromatic rings. The summed E-state index contributed by atoms with van der Waals surface area (Å²) < 4.78 is 5.07. The van der Waals surface area contributed by atoms with Crippen molar-refractivity contribution in [2.24, 2.45) is 0 Å². The van der Waals surface area contributed by atoms with Gasteiger partial charge in [-0.3, -0.25) is 19.8 Å². The van der Waals surface area contributed by atoms with Gasteiger partial charge in [-0.25, -0.2) is 4.79 Å². The molecule has 2 saturated heterocycles. The van der Waals surface area contributed by atoms with Crippen molar-refractivity contribution in [1.29, 1.82) is 0 Å². The Labute approximate surface area is 167 Å². The molecule has 2 aliphatic heterocycles. The normalized spacial score (nSPS) is 22.2. The van der Waals surface area contributed by atoms with Crippen LogP contribution in [0, 0.1) is 0 Å². The Morgan fingerprint density at radius 3 is 2.50 bits per heavy atom. The molecular weight excluding hydrogens is 380 g/mol. The van der Waals surface area contributed by atoms with Crippen LogP contribution in [-0.2, 0) is 14.3 Å². The quantitative estimate of drug-likeness (QED) is 0.796. The molecule has 2 atom stereocenters. The highest BCUT2D eigenvalue weighted by molar-refractivity contribution is 6.34. The molecule has 3 amide bonds. The van der Waals surface area contributed by atoms with Crippen LogP contribution >= 0.6 is 11.6 Å². The number of hydrogen-bond donors (Lipinski definition) is 1. The van der Waals surface area contributed by atoms with E-state index >= 15 is 0 Å². The van der Waals surface area contributed by atoms with Crippen molar-refractivity contribution in [3.8, 4) is 11.1 Å². The van der Waals surface area contributed by atoms with Gasteiger partial charge in [0.1, 0.15) is 6.61 Å². The van der Waals surface area contributed by atoms with Crippen molar-refractivity contribution in [1.82, 2.24) is 5.32 Å². The molecule has 2 aliphatic rings. The monoisotopic (exact) mass is 398 g/mol. The van der Waals surface area contributed by atoms with Crippen LogP contribution in [0.15, 0.2) is 42.5 Å². The number of ether oxygens (including phenoxy) is 1. The fourth-order valence-electron chi connectivity index (χ4n) is 3.71. The molecule has 0 aliphatic carbocycles. The molecule has 2 unspecified atom stereocenters. The average Bonchev–Trinajstić information content (AvgIpc) is 3.01. The van der Waals surface area contributed by atoms with Crippen LogP contribution in [0.4, 0.5) is 10.5 Å². The summed E-state index contributed by atoms with van der Waals surface area (Å²) in [6.07, 6.45) is 0.399. The number of benzene rings is 2. The van der Waals surface area contributed by atoms with Crippen LogP contribution in [0.2, 0.25) is 5.02 Å². The van der Waals surface area contributed by atoms with Crippen molar-refractivity contribution in [2.45, 2.75) is 31.7 Å². The van der Waals surface area contributed by atoms with Crippen LogP contribution in [0.3, 0.4) is 0 Å². The van der Waals surface area contributed by atoms with Gasteiger partial charge in [0.25, 0.3) is 0 Å². The number of imide groups is 1. The number of cyclic esters (lactones) is 1. The summed E-state index contributed by atoms with van der Waals surface area (Å²) in [6, 6.07) is 13.0. The molecule has 2 fully saturated rings. The van der Waals surface area contributed by atoms with E-state index in [0.29, 0.717) is 30.0 Å². The van der Waals surface area contributed by atoms with Gasteiger partial charge in [-0.15, -0.1) is 0 Å². The minimum atomic E-state index is -0.440. The van der Waals surface area contributed by atoms with E-state index in [1.165, 1.54) is 0 Å². The molecule has 2 aromatic carbocycles. The summed E-state index contributed by atoms with van der Waals surface area (Å²) in [5.41, 5.74) is 3.15. The fourth-order valence-corrected chi connectivity index (χ4v) is 4.08. The second-order valence-electron chi connectivity index (χ2n) is 7.06. The molecule has 144 valence electrons. The number of piperidine rings is 1. The van der Waals surface area contributed by atoms with Crippen LogP contribution < -0.4 is 10.2 Å².